The Morgan fingerprint density at radius 2 is 2.60 bits per heavy atom. The highest BCUT2D eigenvalue weighted by atomic mass is 32.2. The van der Waals surface area contributed by atoms with Crippen LogP contribution in [0.15, 0.2) is 17.6 Å². The van der Waals surface area contributed by atoms with Crippen LogP contribution in [0.25, 0.3) is 0 Å². The molecule has 1 heterocycles. The number of hydrogen-bond donors (Lipinski definition) is 0. The van der Waals surface area contributed by atoms with Crippen LogP contribution in [0.1, 0.15) is 0 Å². The van der Waals surface area contributed by atoms with Crippen molar-refractivity contribution < 1.29 is 0 Å². The van der Waals surface area contributed by atoms with Crippen molar-refractivity contribution in [1.82, 2.24) is 0 Å². The van der Waals surface area contributed by atoms with Gasteiger partial charge in [-0.25, -0.2) is 0 Å². The van der Waals surface area contributed by atoms with E-state index in [9.17, 15) is 0 Å². The normalized spacial score (nSPS) is 16.0. The molecule has 0 N–H and O–H groups in total. The molecule has 1 aliphatic heterocycles. The molecule has 0 saturated heterocycles. The number of allylic oxidation sites excluding steroid dienone is 2. The Labute approximate surface area is 35.6 Å². The van der Waals surface area contributed by atoms with Crippen LogP contribution in [0.4, 0.5) is 0 Å². The van der Waals surface area contributed by atoms with Crippen molar-refractivity contribution in [2.45, 2.75) is 0 Å². The standard InChI is InChI=1S/C4H3S/c1-2-4-5-3-1/h1-3H/q+1. The van der Waals surface area contributed by atoms with Gasteiger partial charge in [0.2, 0.25) is 0 Å². The van der Waals surface area contributed by atoms with Gasteiger partial charge in [-0.3, -0.25) is 0 Å². The second-order valence-electron chi connectivity index (χ2n) is 0.731. The fourth-order valence-corrected chi connectivity index (χ4v) is 0.589. The summed E-state index contributed by atoms with van der Waals surface area (Å²) in [6, 6.07) is 0. The summed E-state index contributed by atoms with van der Waals surface area (Å²) in [5.74, 6) is 0. The Balaban J connectivity index is 2.61. The Bertz CT molecular complexity index is 61.7. The summed E-state index contributed by atoms with van der Waals surface area (Å²) in [6.45, 7) is 0. The molecule has 0 aromatic rings. The fraction of sp³-hybridized carbons (Fsp3) is 0. The van der Waals surface area contributed by atoms with E-state index in [2.05, 4.69) is 5.41 Å². The van der Waals surface area contributed by atoms with E-state index in [0.29, 0.717) is 0 Å². The summed E-state index contributed by atoms with van der Waals surface area (Å²) in [4.78, 5) is 0. The molecule has 0 spiro atoms. The van der Waals surface area contributed by atoms with Gasteiger partial charge >= 0.3 is 0 Å². The fourth-order valence-electron chi connectivity index (χ4n) is 0.196. The molecule has 0 aliphatic carbocycles. The van der Waals surface area contributed by atoms with Crippen LogP contribution in [0, 0.1) is 5.41 Å². The summed E-state index contributed by atoms with van der Waals surface area (Å²) in [7, 11) is 0. The molecule has 0 saturated carbocycles. The van der Waals surface area contributed by atoms with Crippen LogP contribution < -0.4 is 0 Å². The average Bonchev–Trinajstić information content (AvgIpc) is 1.76. The van der Waals surface area contributed by atoms with E-state index in [1.807, 2.05) is 17.6 Å². The van der Waals surface area contributed by atoms with Crippen LogP contribution in [0.2, 0.25) is 0 Å². The predicted octanol–water partition coefficient (Wildman–Crippen LogP) is 1.56. The maximum atomic E-state index is 2.90. The van der Waals surface area contributed by atoms with E-state index in [0.717, 1.165) is 0 Å². The van der Waals surface area contributed by atoms with Crippen LogP contribution >= 0.6 is 11.8 Å². The van der Waals surface area contributed by atoms with Crippen molar-refractivity contribution in [3.05, 3.63) is 23.0 Å². The molecule has 0 nitrogen and oxygen atoms in total. The van der Waals surface area contributed by atoms with Gasteiger partial charge in [0.1, 0.15) is 5.41 Å². The molecular weight excluding hydrogens is 80.1 g/mol. The quantitative estimate of drug-likeness (QED) is 0.400. The lowest BCUT2D eigenvalue weighted by Gasteiger charge is -1.41. The third-order valence-corrected chi connectivity index (χ3v) is 0.944. The zero-order valence-corrected chi connectivity index (χ0v) is 3.46. The highest BCUT2D eigenvalue weighted by Gasteiger charge is 1.89. The van der Waals surface area contributed by atoms with Crippen molar-refractivity contribution in [2.24, 2.45) is 0 Å². The Morgan fingerprint density at radius 3 is 2.80 bits per heavy atom. The van der Waals surface area contributed by atoms with Gasteiger partial charge in [0, 0.05) is 0 Å². The van der Waals surface area contributed by atoms with E-state index >= 15 is 0 Å². The van der Waals surface area contributed by atoms with Gasteiger partial charge in [-0.05, 0) is 0 Å². The average molecular weight is 83.1 g/mol. The van der Waals surface area contributed by atoms with Gasteiger partial charge in [0.25, 0.3) is 0 Å². The Hall–Kier alpha value is -0.260. The Kier molecular flexibility index (Phi) is 0.738. The smallest absolute Gasteiger partial charge is 0.0854 e. The molecule has 1 aliphatic rings. The minimum atomic E-state index is 1.59. The third-order valence-electron chi connectivity index (χ3n) is 0.379. The molecule has 0 aromatic heterocycles. The van der Waals surface area contributed by atoms with Crippen LogP contribution in [-0.2, 0) is 0 Å². The van der Waals surface area contributed by atoms with Gasteiger partial charge in [-0.15, -0.1) is 0 Å². The highest BCUT2D eigenvalue weighted by Crippen LogP contribution is 2.07. The van der Waals surface area contributed by atoms with Crippen LogP contribution in [0.5, 0.6) is 0 Å². The van der Waals surface area contributed by atoms with Crippen LogP contribution in [0.3, 0.4) is 0 Å². The number of hydrogen-bond acceptors (Lipinski definition) is 1. The molecule has 0 fully saturated rings. The van der Waals surface area contributed by atoms with Gasteiger partial charge < -0.3 is 0 Å². The van der Waals surface area contributed by atoms with E-state index in [1.54, 1.807) is 11.8 Å². The summed E-state index contributed by atoms with van der Waals surface area (Å²) in [6.07, 6.45) is 3.86. The highest BCUT2D eigenvalue weighted by molar-refractivity contribution is 8.03. The number of rotatable bonds is 0. The van der Waals surface area contributed by atoms with Gasteiger partial charge in [0.05, 0.1) is 23.2 Å². The minimum Gasteiger partial charge on any atom is 0.0854 e. The summed E-state index contributed by atoms with van der Waals surface area (Å²) >= 11 is 1.59. The lowest BCUT2D eigenvalue weighted by Crippen LogP contribution is -1.22. The third kappa shape index (κ3) is 0.504. The van der Waals surface area contributed by atoms with Crippen LogP contribution in [-0.4, -0.2) is 0 Å². The zero-order chi connectivity index (χ0) is 3.54. The van der Waals surface area contributed by atoms with E-state index in [1.165, 1.54) is 0 Å². The molecule has 0 atom stereocenters. The van der Waals surface area contributed by atoms with Crippen molar-refractivity contribution in [3.63, 3.8) is 0 Å². The van der Waals surface area contributed by atoms with E-state index in [-0.39, 0.29) is 0 Å². The largest absolute Gasteiger partial charge is 0.169 e. The molecule has 0 unspecified atom stereocenters. The Morgan fingerprint density at radius 1 is 1.60 bits per heavy atom. The number of thioether (sulfide) groups is 1. The lowest BCUT2D eigenvalue weighted by atomic mass is 10.6. The first-order valence-electron chi connectivity index (χ1n) is 1.40. The molecule has 0 bridgehead atoms. The van der Waals surface area contributed by atoms with Crippen molar-refractivity contribution in [3.8, 4) is 0 Å². The maximum absolute atomic E-state index is 2.90. The lowest BCUT2D eigenvalue weighted by molar-refractivity contribution is 2.11. The molecule has 1 rings (SSSR count). The van der Waals surface area contributed by atoms with Gasteiger partial charge in [0.15, 0.2) is 6.08 Å². The second-order valence-corrected chi connectivity index (χ2v) is 1.47. The van der Waals surface area contributed by atoms with Crippen molar-refractivity contribution in [2.75, 3.05) is 0 Å². The molecule has 0 aromatic carbocycles. The molecule has 1 heteroatoms. The second kappa shape index (κ2) is 1.25. The zero-order valence-electron chi connectivity index (χ0n) is 2.64. The van der Waals surface area contributed by atoms with Gasteiger partial charge in [-0.2, -0.15) is 0 Å². The maximum Gasteiger partial charge on any atom is 0.169 e. The molecule has 0 radical (unpaired) electrons. The van der Waals surface area contributed by atoms with Crippen molar-refractivity contribution in [1.29, 1.82) is 0 Å². The molecule has 5 heavy (non-hydrogen) atoms. The first-order valence-corrected chi connectivity index (χ1v) is 2.27. The topological polar surface area (TPSA) is 0 Å². The summed E-state index contributed by atoms with van der Waals surface area (Å²) < 4.78 is 0. The summed E-state index contributed by atoms with van der Waals surface area (Å²) in [5, 5.41) is 4.89. The molecule has 0 amide bonds. The van der Waals surface area contributed by atoms with E-state index < -0.39 is 0 Å². The summed E-state index contributed by atoms with van der Waals surface area (Å²) in [5.41, 5.74) is 0. The monoisotopic (exact) mass is 83.0 g/mol. The van der Waals surface area contributed by atoms with Crippen molar-refractivity contribution >= 4 is 11.8 Å². The predicted molar refractivity (Wildman–Crippen MR) is 24.5 cm³/mol. The molecule has 24 valence electrons. The first kappa shape index (κ1) is 2.95. The first-order chi connectivity index (χ1) is 2.50. The SMILES string of the molecule is [C+]1=CC=CS1. The molecular formula is C4H3S+. The van der Waals surface area contributed by atoms with E-state index in [4.69, 9.17) is 0 Å². The minimum absolute atomic E-state index is 1.59. The van der Waals surface area contributed by atoms with Gasteiger partial charge in [-0.1, -0.05) is 0 Å².